The molecule has 6 heteroatoms. The highest BCUT2D eigenvalue weighted by Gasteiger charge is 2.17. The molecule has 2 rings (SSSR count). The number of carboxylic acids is 1. The van der Waals surface area contributed by atoms with E-state index in [0.717, 1.165) is 28.2 Å². The number of para-hydroxylation sites is 1. The Hall–Kier alpha value is -2.63. The standard InChI is InChI=1S/C20H27N3O3/c1-14-9-5-6-10-18(14)23-16(3)17(15(2)21-23)13-22(4)19(24)11-7-8-12-20(25)26/h5-6,9-10H,7-8,11-13H2,1-4H3,(H,25,26). The van der Waals surface area contributed by atoms with Gasteiger partial charge in [-0.15, -0.1) is 0 Å². The molecule has 2 aromatic rings. The Morgan fingerprint density at radius 3 is 2.42 bits per heavy atom. The van der Waals surface area contributed by atoms with Crippen molar-refractivity contribution >= 4 is 11.9 Å². The molecule has 0 atom stereocenters. The first kappa shape index (κ1) is 19.7. The van der Waals surface area contributed by atoms with Gasteiger partial charge in [0.15, 0.2) is 0 Å². The molecule has 0 radical (unpaired) electrons. The van der Waals surface area contributed by atoms with Crippen molar-refractivity contribution < 1.29 is 14.7 Å². The first-order valence-corrected chi connectivity index (χ1v) is 8.88. The minimum Gasteiger partial charge on any atom is -0.481 e. The van der Waals surface area contributed by atoms with E-state index >= 15 is 0 Å². The third-order valence-electron chi connectivity index (χ3n) is 4.64. The molecule has 1 aromatic heterocycles. The largest absolute Gasteiger partial charge is 0.481 e. The molecule has 0 aliphatic carbocycles. The number of carbonyl (C=O) groups is 2. The summed E-state index contributed by atoms with van der Waals surface area (Å²) < 4.78 is 1.94. The average Bonchev–Trinajstić information content (AvgIpc) is 2.86. The Bertz CT molecular complexity index is 796. The Balaban J connectivity index is 2.07. The van der Waals surface area contributed by atoms with Crippen LogP contribution in [-0.2, 0) is 16.1 Å². The molecule has 0 unspecified atom stereocenters. The summed E-state index contributed by atoms with van der Waals surface area (Å²) in [5, 5.41) is 13.3. The fraction of sp³-hybridized carbons (Fsp3) is 0.450. The summed E-state index contributed by atoms with van der Waals surface area (Å²) in [5.74, 6) is -0.793. The lowest BCUT2D eigenvalue weighted by Crippen LogP contribution is -2.26. The zero-order valence-corrected chi connectivity index (χ0v) is 16.0. The van der Waals surface area contributed by atoms with Gasteiger partial charge in [-0.2, -0.15) is 5.10 Å². The van der Waals surface area contributed by atoms with Crippen LogP contribution in [0, 0.1) is 20.8 Å². The van der Waals surface area contributed by atoms with Crippen molar-refractivity contribution in [2.45, 2.75) is 53.0 Å². The van der Waals surface area contributed by atoms with Crippen molar-refractivity contribution in [1.82, 2.24) is 14.7 Å². The molecule has 6 nitrogen and oxygen atoms in total. The van der Waals surface area contributed by atoms with Crippen LogP contribution < -0.4 is 0 Å². The Morgan fingerprint density at radius 1 is 1.12 bits per heavy atom. The number of aliphatic carboxylic acids is 1. The molecule has 0 spiro atoms. The molecule has 1 aromatic carbocycles. The molecule has 0 bridgehead atoms. The van der Waals surface area contributed by atoms with Crippen LogP contribution in [0.25, 0.3) is 5.69 Å². The minimum absolute atomic E-state index is 0.0258. The number of carbonyl (C=O) groups excluding carboxylic acids is 1. The highest BCUT2D eigenvalue weighted by atomic mass is 16.4. The molecular weight excluding hydrogens is 330 g/mol. The zero-order valence-electron chi connectivity index (χ0n) is 16.0. The van der Waals surface area contributed by atoms with Crippen LogP contribution in [0.3, 0.4) is 0 Å². The summed E-state index contributed by atoms with van der Waals surface area (Å²) in [7, 11) is 1.78. The van der Waals surface area contributed by atoms with Crippen molar-refractivity contribution in [3.63, 3.8) is 0 Å². The lowest BCUT2D eigenvalue weighted by molar-refractivity contribution is -0.137. The Kier molecular flexibility index (Phi) is 6.55. The zero-order chi connectivity index (χ0) is 19.3. The molecule has 0 saturated heterocycles. The monoisotopic (exact) mass is 357 g/mol. The molecule has 1 amide bonds. The highest BCUT2D eigenvalue weighted by Crippen LogP contribution is 2.21. The Labute approximate surface area is 154 Å². The van der Waals surface area contributed by atoms with Crippen molar-refractivity contribution in [2.24, 2.45) is 0 Å². The molecule has 26 heavy (non-hydrogen) atoms. The summed E-state index contributed by atoms with van der Waals surface area (Å²) in [6.45, 7) is 6.54. The number of aryl methyl sites for hydroxylation is 2. The van der Waals surface area contributed by atoms with Gasteiger partial charge < -0.3 is 10.0 Å². The fourth-order valence-corrected chi connectivity index (χ4v) is 3.01. The predicted molar refractivity (Wildman–Crippen MR) is 100 cm³/mol. The summed E-state index contributed by atoms with van der Waals surface area (Å²) in [4.78, 5) is 24.5. The average molecular weight is 357 g/mol. The van der Waals surface area contributed by atoms with Gasteiger partial charge in [0.1, 0.15) is 0 Å². The number of hydrogen-bond donors (Lipinski definition) is 1. The number of hydrogen-bond acceptors (Lipinski definition) is 3. The van der Waals surface area contributed by atoms with Crippen LogP contribution in [0.5, 0.6) is 0 Å². The van der Waals surface area contributed by atoms with E-state index < -0.39 is 5.97 Å². The van der Waals surface area contributed by atoms with Crippen LogP contribution in [0.2, 0.25) is 0 Å². The smallest absolute Gasteiger partial charge is 0.303 e. The minimum atomic E-state index is -0.819. The van der Waals surface area contributed by atoms with E-state index in [1.165, 1.54) is 0 Å². The first-order valence-electron chi connectivity index (χ1n) is 8.88. The molecule has 0 fully saturated rings. The number of carboxylic acid groups (broad SMARTS) is 1. The second-order valence-electron chi connectivity index (χ2n) is 6.70. The second-order valence-corrected chi connectivity index (χ2v) is 6.70. The van der Waals surface area contributed by atoms with Gasteiger partial charge in [0, 0.05) is 37.7 Å². The number of unbranched alkanes of at least 4 members (excludes halogenated alkanes) is 1. The lowest BCUT2D eigenvalue weighted by atomic mass is 10.1. The van der Waals surface area contributed by atoms with Gasteiger partial charge in [0.2, 0.25) is 5.91 Å². The number of benzene rings is 1. The third kappa shape index (κ3) is 4.71. The molecule has 140 valence electrons. The van der Waals surface area contributed by atoms with Gasteiger partial charge in [-0.05, 0) is 45.2 Å². The number of amides is 1. The molecular formula is C20H27N3O3. The fourth-order valence-electron chi connectivity index (χ4n) is 3.01. The van der Waals surface area contributed by atoms with Crippen molar-refractivity contribution in [3.8, 4) is 5.69 Å². The van der Waals surface area contributed by atoms with E-state index in [0.29, 0.717) is 25.8 Å². The van der Waals surface area contributed by atoms with Gasteiger partial charge in [-0.1, -0.05) is 18.2 Å². The molecule has 0 saturated carbocycles. The van der Waals surface area contributed by atoms with Gasteiger partial charge in [-0.25, -0.2) is 4.68 Å². The number of aromatic nitrogens is 2. The van der Waals surface area contributed by atoms with E-state index in [2.05, 4.69) is 18.1 Å². The topological polar surface area (TPSA) is 75.4 Å². The van der Waals surface area contributed by atoms with Gasteiger partial charge >= 0.3 is 5.97 Å². The van der Waals surface area contributed by atoms with E-state index in [4.69, 9.17) is 5.11 Å². The molecule has 0 aliphatic rings. The van der Waals surface area contributed by atoms with E-state index in [-0.39, 0.29) is 12.3 Å². The highest BCUT2D eigenvalue weighted by molar-refractivity contribution is 5.76. The Morgan fingerprint density at radius 2 is 1.77 bits per heavy atom. The first-order chi connectivity index (χ1) is 12.3. The van der Waals surface area contributed by atoms with Crippen molar-refractivity contribution in [1.29, 1.82) is 0 Å². The summed E-state index contributed by atoms with van der Waals surface area (Å²) in [6, 6.07) is 8.08. The van der Waals surface area contributed by atoms with Gasteiger partial charge in [0.05, 0.1) is 11.4 Å². The van der Waals surface area contributed by atoms with Crippen LogP contribution in [0.15, 0.2) is 24.3 Å². The van der Waals surface area contributed by atoms with Crippen LogP contribution >= 0.6 is 0 Å². The van der Waals surface area contributed by atoms with Crippen LogP contribution in [0.1, 0.15) is 48.2 Å². The SMILES string of the molecule is Cc1ccccc1-n1nc(C)c(CN(C)C(=O)CCCCC(=O)O)c1C. The van der Waals surface area contributed by atoms with Crippen LogP contribution in [0.4, 0.5) is 0 Å². The maximum atomic E-state index is 12.3. The third-order valence-corrected chi connectivity index (χ3v) is 4.64. The van der Waals surface area contributed by atoms with Gasteiger partial charge in [-0.3, -0.25) is 9.59 Å². The quantitative estimate of drug-likeness (QED) is 0.735. The lowest BCUT2D eigenvalue weighted by Gasteiger charge is -2.17. The summed E-state index contributed by atoms with van der Waals surface area (Å²) in [6.07, 6.45) is 1.60. The van der Waals surface area contributed by atoms with Crippen molar-refractivity contribution in [2.75, 3.05) is 7.05 Å². The predicted octanol–water partition coefficient (Wildman–Crippen LogP) is 3.40. The number of nitrogens with zero attached hydrogens (tertiary/aromatic N) is 3. The molecule has 1 N–H and O–H groups in total. The molecule has 0 aliphatic heterocycles. The maximum Gasteiger partial charge on any atom is 0.303 e. The normalized spacial score (nSPS) is 10.8. The van der Waals surface area contributed by atoms with E-state index in [9.17, 15) is 9.59 Å². The summed E-state index contributed by atoms with van der Waals surface area (Å²) in [5.41, 5.74) is 5.18. The second kappa shape index (κ2) is 8.65. The number of rotatable bonds is 8. The van der Waals surface area contributed by atoms with Crippen molar-refractivity contribution in [3.05, 3.63) is 46.8 Å². The summed E-state index contributed by atoms with van der Waals surface area (Å²) >= 11 is 0. The molecule has 1 heterocycles. The van der Waals surface area contributed by atoms with Crippen LogP contribution in [-0.4, -0.2) is 38.7 Å². The van der Waals surface area contributed by atoms with Gasteiger partial charge in [0.25, 0.3) is 0 Å². The van der Waals surface area contributed by atoms with E-state index in [1.807, 2.05) is 36.7 Å². The van der Waals surface area contributed by atoms with E-state index in [1.54, 1.807) is 11.9 Å². The maximum absolute atomic E-state index is 12.3.